The minimum Gasteiger partial charge on any atom is -0.495 e. The van der Waals surface area contributed by atoms with Gasteiger partial charge in [-0.15, -0.1) is 11.3 Å². The third kappa shape index (κ3) is 4.02. The Kier molecular flexibility index (Phi) is 5.99. The number of fused-ring (bicyclic) bond motifs is 1. The normalized spacial score (nSPS) is 19.4. The van der Waals surface area contributed by atoms with Crippen LogP contribution in [0.4, 0.5) is 0 Å². The molecule has 5 rings (SSSR count). The fourth-order valence-corrected chi connectivity index (χ4v) is 5.57. The Bertz CT molecular complexity index is 1260. The minimum atomic E-state index is -0.458. The van der Waals surface area contributed by atoms with Crippen LogP contribution in [-0.4, -0.2) is 58.7 Å². The zero-order valence-corrected chi connectivity index (χ0v) is 19.9. The predicted octanol–water partition coefficient (Wildman–Crippen LogP) is 2.85. The highest BCUT2D eigenvalue weighted by atomic mass is 32.1. The molecule has 2 aliphatic heterocycles. The van der Waals surface area contributed by atoms with Crippen LogP contribution in [0.2, 0.25) is 0 Å². The average Bonchev–Trinajstić information content (AvgIpc) is 3.44. The number of ether oxygens (including phenoxy) is 2. The minimum absolute atomic E-state index is 0.00656. The third-order valence-electron chi connectivity index (χ3n) is 6.49. The number of likely N-dealkylation sites (tertiary alicyclic amines) is 1. The molecule has 2 aromatic heterocycles. The number of methoxy groups -OCH3 is 1. The van der Waals surface area contributed by atoms with Crippen molar-refractivity contribution in [2.45, 2.75) is 37.7 Å². The van der Waals surface area contributed by atoms with E-state index in [1.165, 1.54) is 11.3 Å². The molecule has 1 aromatic carbocycles. The molecule has 0 saturated carbocycles. The Labute approximate surface area is 200 Å². The number of amides is 3. The van der Waals surface area contributed by atoms with Gasteiger partial charge in [0, 0.05) is 44.8 Å². The number of imide groups is 1. The number of hydrogen-bond acceptors (Lipinski definition) is 7. The van der Waals surface area contributed by atoms with Gasteiger partial charge in [-0.2, -0.15) is 5.10 Å². The number of piperidine rings is 2. The quantitative estimate of drug-likeness (QED) is 0.561. The molecule has 178 valence electrons. The van der Waals surface area contributed by atoms with E-state index < -0.39 is 5.92 Å². The van der Waals surface area contributed by atoms with Crippen molar-refractivity contribution in [3.8, 4) is 11.5 Å². The lowest BCUT2D eigenvalue weighted by Gasteiger charge is -2.32. The van der Waals surface area contributed by atoms with E-state index >= 15 is 0 Å². The van der Waals surface area contributed by atoms with E-state index in [0.29, 0.717) is 60.8 Å². The van der Waals surface area contributed by atoms with Crippen LogP contribution in [0.1, 0.15) is 47.0 Å². The fourth-order valence-electron chi connectivity index (χ4n) is 4.75. The molecular weight excluding hydrogens is 456 g/mol. The van der Waals surface area contributed by atoms with Gasteiger partial charge in [0.05, 0.1) is 18.7 Å². The number of nitrogens with one attached hydrogen (secondary N) is 1. The molecule has 2 saturated heterocycles. The molecule has 1 atom stereocenters. The van der Waals surface area contributed by atoms with E-state index in [2.05, 4.69) is 10.4 Å². The van der Waals surface area contributed by atoms with Gasteiger partial charge in [0.15, 0.2) is 0 Å². The van der Waals surface area contributed by atoms with Gasteiger partial charge >= 0.3 is 0 Å². The summed E-state index contributed by atoms with van der Waals surface area (Å²) in [4.78, 5) is 39.3. The van der Waals surface area contributed by atoms with Gasteiger partial charge < -0.3 is 14.4 Å². The molecule has 3 amide bonds. The average molecular weight is 483 g/mol. The number of carbonyl (C=O) groups is 3. The first-order valence-corrected chi connectivity index (χ1v) is 12.2. The van der Waals surface area contributed by atoms with E-state index in [0.717, 1.165) is 10.9 Å². The zero-order chi connectivity index (χ0) is 23.8. The van der Waals surface area contributed by atoms with Crippen LogP contribution in [0.15, 0.2) is 29.6 Å². The number of rotatable bonds is 5. The lowest BCUT2D eigenvalue weighted by molar-refractivity contribution is -0.134. The molecule has 9 nitrogen and oxygen atoms in total. The molecule has 0 aliphatic carbocycles. The first kappa shape index (κ1) is 22.4. The summed E-state index contributed by atoms with van der Waals surface area (Å²) in [5.41, 5.74) is 1.49. The Balaban J connectivity index is 1.31. The second-order valence-corrected chi connectivity index (χ2v) is 9.51. The molecule has 4 heterocycles. The van der Waals surface area contributed by atoms with Crippen LogP contribution >= 0.6 is 11.3 Å². The van der Waals surface area contributed by atoms with Crippen LogP contribution in [-0.2, 0) is 16.6 Å². The van der Waals surface area contributed by atoms with E-state index in [-0.39, 0.29) is 23.8 Å². The summed E-state index contributed by atoms with van der Waals surface area (Å²) in [6.45, 7) is 1.21. The molecule has 10 heteroatoms. The molecule has 0 spiro atoms. The molecule has 0 bridgehead atoms. The van der Waals surface area contributed by atoms with Gasteiger partial charge in [-0.3, -0.25) is 24.4 Å². The van der Waals surface area contributed by atoms with Crippen LogP contribution in [0.25, 0.3) is 10.9 Å². The largest absolute Gasteiger partial charge is 0.495 e. The van der Waals surface area contributed by atoms with Crippen LogP contribution < -0.4 is 14.8 Å². The molecule has 1 unspecified atom stereocenters. The van der Waals surface area contributed by atoms with E-state index in [1.807, 2.05) is 41.6 Å². The van der Waals surface area contributed by atoms with Gasteiger partial charge in [-0.05, 0) is 23.9 Å². The van der Waals surface area contributed by atoms with Crippen molar-refractivity contribution < 1.29 is 23.9 Å². The molecule has 1 N–H and O–H groups in total. The first-order chi connectivity index (χ1) is 16.5. The Morgan fingerprint density at radius 1 is 1.15 bits per heavy atom. The van der Waals surface area contributed by atoms with Crippen LogP contribution in [0.3, 0.4) is 0 Å². The second kappa shape index (κ2) is 9.09. The molecule has 2 aliphatic rings. The van der Waals surface area contributed by atoms with Crippen molar-refractivity contribution in [1.29, 1.82) is 0 Å². The van der Waals surface area contributed by atoms with Crippen molar-refractivity contribution in [1.82, 2.24) is 20.0 Å². The summed E-state index contributed by atoms with van der Waals surface area (Å²) in [6.07, 6.45) is 2.15. The number of thiophene rings is 1. The molecule has 0 radical (unpaired) electrons. The number of aromatic nitrogens is 2. The summed E-state index contributed by atoms with van der Waals surface area (Å²) in [5.74, 6) is 0.307. The van der Waals surface area contributed by atoms with Crippen molar-refractivity contribution >= 4 is 40.0 Å². The number of carbonyl (C=O) groups excluding carboxylic acids is 3. The van der Waals surface area contributed by atoms with Gasteiger partial charge in [0.25, 0.3) is 5.91 Å². The summed E-state index contributed by atoms with van der Waals surface area (Å²) in [5, 5.41) is 9.75. The highest BCUT2D eigenvalue weighted by Gasteiger charge is 2.33. The van der Waals surface area contributed by atoms with Gasteiger partial charge in [0.2, 0.25) is 11.8 Å². The zero-order valence-electron chi connectivity index (χ0n) is 19.1. The lowest BCUT2D eigenvalue weighted by Crippen LogP contribution is -2.41. The maximum Gasteiger partial charge on any atom is 0.267 e. The maximum atomic E-state index is 12.9. The number of aryl methyl sites for hydroxylation is 1. The smallest absolute Gasteiger partial charge is 0.267 e. The van der Waals surface area contributed by atoms with Crippen molar-refractivity contribution in [3.05, 3.63) is 40.2 Å². The fraction of sp³-hybridized carbons (Fsp3) is 0.417. The Morgan fingerprint density at radius 3 is 2.68 bits per heavy atom. The van der Waals surface area contributed by atoms with E-state index in [4.69, 9.17) is 9.47 Å². The van der Waals surface area contributed by atoms with E-state index in [1.54, 1.807) is 11.8 Å². The maximum absolute atomic E-state index is 12.9. The van der Waals surface area contributed by atoms with Gasteiger partial charge in [-0.25, -0.2) is 0 Å². The summed E-state index contributed by atoms with van der Waals surface area (Å²) in [6, 6.07) is 7.55. The summed E-state index contributed by atoms with van der Waals surface area (Å²) >= 11 is 1.39. The summed E-state index contributed by atoms with van der Waals surface area (Å²) in [7, 11) is 3.41. The van der Waals surface area contributed by atoms with Crippen molar-refractivity contribution in [2.75, 3.05) is 20.2 Å². The highest BCUT2D eigenvalue weighted by Crippen LogP contribution is 2.35. The number of hydrogen-bond donors (Lipinski definition) is 1. The van der Waals surface area contributed by atoms with Crippen LogP contribution in [0.5, 0.6) is 11.5 Å². The Hall–Kier alpha value is -3.40. The van der Waals surface area contributed by atoms with E-state index in [9.17, 15) is 14.4 Å². The standard InChI is InChI=1S/C24H26N4O5S/c1-27-21-15(20(26-27)16-6-7-19(29)25-23(16)30)4-3-5-17(21)33-14-8-11-28(12-9-14)24(31)22-18(32-2)10-13-34-22/h3-5,10,13-14,16H,6-9,11-12H2,1-2H3,(H,25,29,30). The predicted molar refractivity (Wildman–Crippen MR) is 126 cm³/mol. The van der Waals surface area contributed by atoms with Crippen molar-refractivity contribution in [3.63, 3.8) is 0 Å². The first-order valence-electron chi connectivity index (χ1n) is 11.3. The number of para-hydroxylation sites is 1. The van der Waals surface area contributed by atoms with Crippen molar-refractivity contribution in [2.24, 2.45) is 7.05 Å². The van der Waals surface area contributed by atoms with Crippen LogP contribution in [0, 0.1) is 0 Å². The monoisotopic (exact) mass is 482 g/mol. The SMILES string of the molecule is COc1ccsc1C(=O)N1CCC(Oc2cccc3c(C4CCC(=O)NC4=O)nn(C)c23)CC1. The lowest BCUT2D eigenvalue weighted by atomic mass is 9.93. The second-order valence-electron chi connectivity index (χ2n) is 8.59. The highest BCUT2D eigenvalue weighted by molar-refractivity contribution is 7.12. The van der Waals surface area contributed by atoms with Gasteiger partial charge in [0.1, 0.15) is 28.0 Å². The molecule has 34 heavy (non-hydrogen) atoms. The summed E-state index contributed by atoms with van der Waals surface area (Å²) < 4.78 is 13.4. The number of nitrogens with zero attached hydrogens (tertiary/aromatic N) is 3. The topological polar surface area (TPSA) is 103 Å². The molecular formula is C24H26N4O5S. The number of benzene rings is 1. The molecule has 2 fully saturated rings. The van der Waals surface area contributed by atoms with Gasteiger partial charge in [-0.1, -0.05) is 12.1 Å². The third-order valence-corrected chi connectivity index (χ3v) is 7.38. The molecule has 3 aromatic rings. The Morgan fingerprint density at radius 2 is 1.94 bits per heavy atom.